The third-order valence-corrected chi connectivity index (χ3v) is 3.45. The van der Waals surface area contributed by atoms with Gasteiger partial charge in [0.15, 0.2) is 17.7 Å². The molecule has 0 N–H and O–H groups in total. The highest BCUT2D eigenvalue weighted by Gasteiger charge is 2.61. The summed E-state index contributed by atoms with van der Waals surface area (Å²) in [6, 6.07) is 0. The van der Waals surface area contributed by atoms with E-state index in [-0.39, 0.29) is 24.2 Å². The molecular formula is C12H18N2O5. The van der Waals surface area contributed by atoms with Crippen molar-refractivity contribution in [1.29, 1.82) is 0 Å². The van der Waals surface area contributed by atoms with Crippen molar-refractivity contribution >= 4 is 5.90 Å². The first-order valence-electron chi connectivity index (χ1n) is 6.37. The minimum absolute atomic E-state index is 0.115. The van der Waals surface area contributed by atoms with Crippen LogP contribution in [0.5, 0.6) is 0 Å². The molecule has 3 aliphatic rings. The topological polar surface area (TPSA) is 82.6 Å². The Hall–Kier alpha value is -0.980. The van der Waals surface area contributed by atoms with E-state index in [0.29, 0.717) is 6.61 Å². The highest BCUT2D eigenvalue weighted by Crippen LogP contribution is 2.39. The van der Waals surface area contributed by atoms with E-state index in [9.17, 15) is 0 Å². The molecule has 4 atom stereocenters. The Kier molecular flexibility index (Phi) is 2.75. The van der Waals surface area contributed by atoms with Crippen LogP contribution in [0.25, 0.3) is 5.53 Å². The molecule has 3 saturated heterocycles. The number of nitrogens with zero attached hydrogens (tertiary/aromatic N) is 2. The molecule has 3 fully saturated rings. The van der Waals surface area contributed by atoms with Gasteiger partial charge in [-0.2, -0.15) is 0 Å². The highest BCUT2D eigenvalue weighted by molar-refractivity contribution is 5.78. The fraction of sp³-hybridized carbons (Fsp3) is 0.917. The van der Waals surface area contributed by atoms with Crippen LogP contribution in [0.15, 0.2) is 0 Å². The van der Waals surface area contributed by atoms with Crippen LogP contribution in [0, 0.1) is 0 Å². The molecule has 3 rings (SSSR count). The van der Waals surface area contributed by atoms with Gasteiger partial charge in [0.05, 0.1) is 6.61 Å². The van der Waals surface area contributed by atoms with Crippen LogP contribution in [0.2, 0.25) is 0 Å². The molecule has 3 aliphatic heterocycles. The quantitative estimate of drug-likeness (QED) is 0.477. The molecule has 0 radical (unpaired) electrons. The average Bonchev–Trinajstić information content (AvgIpc) is 2.63. The van der Waals surface area contributed by atoms with E-state index in [1.54, 1.807) is 13.8 Å². The molecular weight excluding hydrogens is 252 g/mol. The second kappa shape index (κ2) is 4.01. The van der Waals surface area contributed by atoms with Gasteiger partial charge in [-0.15, -0.1) is 4.79 Å². The van der Waals surface area contributed by atoms with E-state index in [4.69, 9.17) is 29.2 Å². The fourth-order valence-electron chi connectivity index (χ4n) is 2.72. The third kappa shape index (κ3) is 2.17. The number of rotatable bonds is 0. The third-order valence-electron chi connectivity index (χ3n) is 3.45. The van der Waals surface area contributed by atoms with Gasteiger partial charge in [0.2, 0.25) is 6.10 Å². The molecule has 0 aromatic rings. The van der Waals surface area contributed by atoms with E-state index in [0.717, 1.165) is 0 Å². The van der Waals surface area contributed by atoms with E-state index >= 15 is 0 Å². The SMILES string of the molecule is CC1(C)OC[C@H]2OC(=[N+]=[N-])[C@H]3OC(C)(C)O[C@H]3[C@@H]2O1. The normalized spacial score (nSPS) is 42.8. The lowest BCUT2D eigenvalue weighted by atomic mass is 9.98. The van der Waals surface area contributed by atoms with Gasteiger partial charge in [-0.05, 0) is 27.7 Å². The molecule has 3 heterocycles. The molecule has 0 unspecified atom stereocenters. The summed E-state index contributed by atoms with van der Waals surface area (Å²) in [5.41, 5.74) is 9.05. The first-order valence-corrected chi connectivity index (χ1v) is 6.37. The molecule has 0 bridgehead atoms. The Labute approximate surface area is 111 Å². The Bertz CT molecular complexity index is 443. The van der Waals surface area contributed by atoms with E-state index in [1.165, 1.54) is 0 Å². The van der Waals surface area contributed by atoms with Crippen molar-refractivity contribution in [2.45, 2.75) is 63.7 Å². The van der Waals surface area contributed by atoms with Crippen molar-refractivity contribution in [1.82, 2.24) is 0 Å². The summed E-state index contributed by atoms with van der Waals surface area (Å²) < 4.78 is 28.6. The van der Waals surface area contributed by atoms with Gasteiger partial charge in [0.25, 0.3) is 0 Å². The lowest BCUT2D eigenvalue weighted by molar-refractivity contribution is -0.328. The number of ether oxygens (including phenoxy) is 5. The van der Waals surface area contributed by atoms with Crippen molar-refractivity contribution in [3.63, 3.8) is 0 Å². The maximum atomic E-state index is 9.05. The molecule has 0 aromatic carbocycles. The molecule has 106 valence electrons. The zero-order chi connectivity index (χ0) is 13.8. The van der Waals surface area contributed by atoms with Gasteiger partial charge >= 0.3 is 5.90 Å². The Morgan fingerprint density at radius 2 is 1.74 bits per heavy atom. The summed E-state index contributed by atoms with van der Waals surface area (Å²) in [4.78, 5) is 3.16. The van der Waals surface area contributed by atoms with Crippen LogP contribution in [-0.4, -0.2) is 53.3 Å². The van der Waals surface area contributed by atoms with E-state index in [2.05, 4.69) is 4.79 Å². The van der Waals surface area contributed by atoms with Crippen molar-refractivity contribution in [2.24, 2.45) is 0 Å². The standard InChI is InChI=1S/C12H18N2O5/c1-11(2)15-5-6-7(17-11)8-9(10(14-13)16-6)19-12(3,4)18-8/h6-9H,5H2,1-4H3/t6-,7-,8+,9+/m1/s1. The van der Waals surface area contributed by atoms with Crippen molar-refractivity contribution in [2.75, 3.05) is 6.61 Å². The van der Waals surface area contributed by atoms with Crippen LogP contribution < -0.4 is 0 Å². The van der Waals surface area contributed by atoms with Crippen LogP contribution in [0.4, 0.5) is 0 Å². The summed E-state index contributed by atoms with van der Waals surface area (Å²) >= 11 is 0. The lowest BCUT2D eigenvalue weighted by Crippen LogP contribution is -2.62. The second-order valence-corrected chi connectivity index (χ2v) is 5.91. The van der Waals surface area contributed by atoms with Crippen molar-refractivity contribution < 1.29 is 28.5 Å². The van der Waals surface area contributed by atoms with Crippen LogP contribution in [0.1, 0.15) is 27.7 Å². The molecule has 0 amide bonds. The van der Waals surface area contributed by atoms with Gasteiger partial charge in [-0.25, -0.2) is 0 Å². The fourth-order valence-corrected chi connectivity index (χ4v) is 2.72. The molecule has 0 saturated carbocycles. The Morgan fingerprint density at radius 3 is 2.42 bits per heavy atom. The first-order chi connectivity index (χ1) is 8.81. The van der Waals surface area contributed by atoms with Crippen LogP contribution in [0.3, 0.4) is 0 Å². The number of hydrogen-bond acceptors (Lipinski definition) is 5. The summed E-state index contributed by atoms with van der Waals surface area (Å²) in [7, 11) is 0. The maximum Gasteiger partial charge on any atom is 0.482 e. The number of hydrogen-bond donors (Lipinski definition) is 0. The Balaban J connectivity index is 1.91. The highest BCUT2D eigenvalue weighted by atomic mass is 16.8. The molecule has 19 heavy (non-hydrogen) atoms. The van der Waals surface area contributed by atoms with Gasteiger partial charge in [-0.1, -0.05) is 0 Å². The summed E-state index contributed by atoms with van der Waals surface area (Å²) in [5.74, 6) is -1.35. The average molecular weight is 270 g/mol. The van der Waals surface area contributed by atoms with Gasteiger partial charge in [0, 0.05) is 0 Å². The largest absolute Gasteiger partial charge is 0.482 e. The van der Waals surface area contributed by atoms with E-state index in [1.807, 2.05) is 13.8 Å². The summed E-state index contributed by atoms with van der Waals surface area (Å²) in [6.07, 6.45) is -1.61. The maximum absolute atomic E-state index is 9.05. The molecule has 0 aromatic heterocycles. The van der Waals surface area contributed by atoms with E-state index < -0.39 is 17.7 Å². The second-order valence-electron chi connectivity index (χ2n) is 5.91. The van der Waals surface area contributed by atoms with Crippen molar-refractivity contribution in [3.05, 3.63) is 5.53 Å². The first kappa shape index (κ1) is 13.0. The molecule has 0 aliphatic carbocycles. The smallest absolute Gasteiger partial charge is 0.425 e. The van der Waals surface area contributed by atoms with Gasteiger partial charge < -0.3 is 29.2 Å². The predicted octanol–water partition coefficient (Wildman–Crippen LogP) is 0.685. The minimum atomic E-state index is -0.769. The number of fused-ring (bicyclic) bond motifs is 3. The predicted molar refractivity (Wildman–Crippen MR) is 62.2 cm³/mol. The van der Waals surface area contributed by atoms with Crippen LogP contribution in [-0.2, 0) is 23.7 Å². The Morgan fingerprint density at radius 1 is 1.05 bits per heavy atom. The summed E-state index contributed by atoms with van der Waals surface area (Å²) in [6.45, 7) is 7.65. The van der Waals surface area contributed by atoms with Crippen LogP contribution >= 0.6 is 0 Å². The zero-order valence-corrected chi connectivity index (χ0v) is 11.5. The van der Waals surface area contributed by atoms with Gasteiger partial charge in [0.1, 0.15) is 12.2 Å². The molecule has 7 heteroatoms. The monoisotopic (exact) mass is 270 g/mol. The molecule has 0 spiro atoms. The minimum Gasteiger partial charge on any atom is -0.425 e. The molecule has 7 nitrogen and oxygen atoms in total. The summed E-state index contributed by atoms with van der Waals surface area (Å²) in [5, 5.41) is 0. The lowest BCUT2D eigenvalue weighted by Gasteiger charge is -2.44. The zero-order valence-electron chi connectivity index (χ0n) is 11.5. The van der Waals surface area contributed by atoms with Crippen molar-refractivity contribution in [3.8, 4) is 0 Å². The van der Waals surface area contributed by atoms with Gasteiger partial charge in [-0.3, -0.25) is 0 Å².